The van der Waals surface area contributed by atoms with Crippen LogP contribution in [0.25, 0.3) is 0 Å². The van der Waals surface area contributed by atoms with Gasteiger partial charge in [-0.3, -0.25) is 24.0 Å². The molecule has 28 heavy (non-hydrogen) atoms. The summed E-state index contributed by atoms with van der Waals surface area (Å²) in [6, 6.07) is 4.96. The highest BCUT2D eigenvalue weighted by Gasteiger charge is 2.37. The molecule has 8 nitrogen and oxygen atoms in total. The number of carbonyl (C=O) groups excluding carboxylic acids is 4. The van der Waals surface area contributed by atoms with E-state index in [1.54, 1.807) is 0 Å². The maximum atomic E-state index is 12.9. The molecule has 0 atom stereocenters. The molecule has 142 valence electrons. The normalized spacial score (nSPS) is 12.3. The second-order valence-corrected chi connectivity index (χ2v) is 6.41. The molecule has 0 amide bonds. The predicted molar refractivity (Wildman–Crippen MR) is 94.0 cm³/mol. The Bertz CT molecular complexity index is 1090. The third-order valence-electron chi connectivity index (χ3n) is 4.40. The van der Waals surface area contributed by atoms with Gasteiger partial charge in [-0.2, -0.15) is 0 Å². The first-order valence-corrected chi connectivity index (χ1v) is 8.18. The molecule has 8 heteroatoms. The molecule has 0 bridgehead atoms. The Morgan fingerprint density at radius 3 is 2.25 bits per heavy atom. The average molecular weight is 382 g/mol. The van der Waals surface area contributed by atoms with Crippen molar-refractivity contribution in [2.45, 2.75) is 19.8 Å². The van der Waals surface area contributed by atoms with Crippen molar-refractivity contribution in [3.8, 4) is 11.5 Å². The molecule has 3 N–H and O–H groups in total. The Balaban J connectivity index is 2.32. The largest absolute Gasteiger partial charge is 0.507 e. The number of Topliss-reactive ketones (excluding diaryl/α,β-unsaturated/α-hetero) is 2. The Kier molecular flexibility index (Phi) is 4.56. The van der Waals surface area contributed by atoms with E-state index in [4.69, 9.17) is 5.11 Å². The molecule has 0 heterocycles. The number of phenolic OH excluding ortho intramolecular Hbond substituents is 2. The highest BCUT2D eigenvalue weighted by molar-refractivity contribution is 6.31. The van der Waals surface area contributed by atoms with Crippen LogP contribution < -0.4 is 0 Å². The van der Waals surface area contributed by atoms with Crippen LogP contribution in [-0.4, -0.2) is 44.4 Å². The molecular formula is C20H14O8. The van der Waals surface area contributed by atoms with Crippen molar-refractivity contribution in [3.05, 3.63) is 57.6 Å². The fraction of sp³-hybridized carbons (Fsp3) is 0.150. The van der Waals surface area contributed by atoms with E-state index >= 15 is 0 Å². The maximum Gasteiger partial charge on any atom is 0.307 e. The third-order valence-corrected chi connectivity index (χ3v) is 4.40. The lowest BCUT2D eigenvalue weighted by Crippen LogP contribution is -2.24. The molecule has 0 spiro atoms. The molecule has 0 radical (unpaired) electrons. The molecular weight excluding hydrogens is 368 g/mol. The lowest BCUT2D eigenvalue weighted by atomic mass is 9.79. The Labute approximate surface area is 158 Å². The quantitative estimate of drug-likeness (QED) is 0.446. The van der Waals surface area contributed by atoms with Crippen LogP contribution in [-0.2, 0) is 16.0 Å². The van der Waals surface area contributed by atoms with Gasteiger partial charge in [0, 0.05) is 11.1 Å². The number of ketones is 4. The van der Waals surface area contributed by atoms with E-state index in [-0.39, 0.29) is 22.3 Å². The number of hydrogen-bond acceptors (Lipinski definition) is 7. The monoisotopic (exact) mass is 382 g/mol. The fourth-order valence-corrected chi connectivity index (χ4v) is 3.30. The van der Waals surface area contributed by atoms with Crippen LogP contribution in [0.4, 0.5) is 0 Å². The SMILES string of the molecule is CC(=O)CC(=O)c1c(CC(=O)O)cc2c(c1O)C(=O)c1c(O)cccc1C2=O. The van der Waals surface area contributed by atoms with Crippen molar-refractivity contribution in [2.24, 2.45) is 0 Å². The van der Waals surface area contributed by atoms with E-state index in [0.717, 1.165) is 13.0 Å². The summed E-state index contributed by atoms with van der Waals surface area (Å²) in [6.07, 6.45) is -1.31. The Hall–Kier alpha value is -3.81. The summed E-state index contributed by atoms with van der Waals surface area (Å²) in [4.78, 5) is 60.6. The highest BCUT2D eigenvalue weighted by atomic mass is 16.4. The van der Waals surface area contributed by atoms with Gasteiger partial charge in [0.15, 0.2) is 11.6 Å². The molecule has 0 saturated heterocycles. The number of hydrogen-bond donors (Lipinski definition) is 3. The molecule has 0 aromatic heterocycles. The third kappa shape index (κ3) is 2.94. The van der Waals surface area contributed by atoms with Gasteiger partial charge in [0.1, 0.15) is 17.3 Å². The van der Waals surface area contributed by atoms with Gasteiger partial charge in [-0.25, -0.2) is 0 Å². The van der Waals surface area contributed by atoms with Crippen LogP contribution >= 0.6 is 0 Å². The highest BCUT2D eigenvalue weighted by Crippen LogP contribution is 2.40. The van der Waals surface area contributed by atoms with Crippen LogP contribution in [0.3, 0.4) is 0 Å². The minimum atomic E-state index is -1.33. The first-order valence-electron chi connectivity index (χ1n) is 8.18. The maximum absolute atomic E-state index is 12.9. The fourth-order valence-electron chi connectivity index (χ4n) is 3.30. The summed E-state index contributed by atoms with van der Waals surface area (Å²) in [7, 11) is 0. The number of aromatic hydroxyl groups is 2. The van der Waals surface area contributed by atoms with Gasteiger partial charge in [0.25, 0.3) is 0 Å². The Morgan fingerprint density at radius 2 is 1.64 bits per heavy atom. The van der Waals surface area contributed by atoms with Gasteiger partial charge in [-0.15, -0.1) is 0 Å². The molecule has 1 aliphatic rings. The van der Waals surface area contributed by atoms with E-state index in [2.05, 4.69) is 0 Å². The summed E-state index contributed by atoms with van der Waals surface area (Å²) in [6.45, 7) is 1.15. The minimum absolute atomic E-state index is 0.0963. The summed E-state index contributed by atoms with van der Waals surface area (Å²) in [5.41, 5.74) is -1.85. The Morgan fingerprint density at radius 1 is 0.964 bits per heavy atom. The van der Waals surface area contributed by atoms with Gasteiger partial charge >= 0.3 is 5.97 Å². The van der Waals surface area contributed by atoms with Crippen LogP contribution in [0, 0.1) is 0 Å². The number of carboxylic acid groups (broad SMARTS) is 1. The predicted octanol–water partition coefficient (Wildman–Crippen LogP) is 1.66. The summed E-state index contributed by atoms with van der Waals surface area (Å²) >= 11 is 0. The van der Waals surface area contributed by atoms with Gasteiger partial charge in [-0.05, 0) is 24.6 Å². The van der Waals surface area contributed by atoms with Crippen molar-refractivity contribution < 1.29 is 39.3 Å². The van der Waals surface area contributed by atoms with Gasteiger partial charge in [-0.1, -0.05) is 12.1 Å². The van der Waals surface area contributed by atoms with E-state index < -0.39 is 64.6 Å². The number of carboxylic acids is 1. The smallest absolute Gasteiger partial charge is 0.307 e. The van der Waals surface area contributed by atoms with Crippen LogP contribution in [0.5, 0.6) is 11.5 Å². The van der Waals surface area contributed by atoms with Crippen LogP contribution in [0.1, 0.15) is 61.1 Å². The zero-order chi connectivity index (χ0) is 20.7. The van der Waals surface area contributed by atoms with E-state index in [0.29, 0.717) is 0 Å². The number of fused-ring (bicyclic) bond motifs is 2. The molecule has 0 fully saturated rings. The zero-order valence-electron chi connectivity index (χ0n) is 14.6. The average Bonchev–Trinajstić information content (AvgIpc) is 2.57. The molecule has 0 unspecified atom stereocenters. The minimum Gasteiger partial charge on any atom is -0.507 e. The van der Waals surface area contributed by atoms with E-state index in [9.17, 15) is 34.2 Å². The van der Waals surface area contributed by atoms with Crippen molar-refractivity contribution in [2.75, 3.05) is 0 Å². The van der Waals surface area contributed by atoms with Crippen molar-refractivity contribution in [3.63, 3.8) is 0 Å². The number of phenols is 2. The van der Waals surface area contributed by atoms with E-state index in [1.807, 2.05) is 0 Å². The lowest BCUT2D eigenvalue weighted by Gasteiger charge is -2.22. The number of benzene rings is 2. The van der Waals surface area contributed by atoms with E-state index in [1.165, 1.54) is 18.2 Å². The second-order valence-electron chi connectivity index (χ2n) is 6.41. The van der Waals surface area contributed by atoms with Gasteiger partial charge in [0.05, 0.1) is 29.5 Å². The van der Waals surface area contributed by atoms with Gasteiger partial charge < -0.3 is 15.3 Å². The standard InChI is InChI=1S/C20H14O8/c1-8(21)5-13(23)15-9(7-14(24)25)6-11-17(19(15)27)20(28)16-10(18(11)26)3-2-4-12(16)22/h2-4,6,22,27H,5,7H2,1H3,(H,24,25). The molecule has 2 aromatic carbocycles. The molecule has 2 aromatic rings. The number of carbonyl (C=O) groups is 5. The number of rotatable bonds is 5. The van der Waals surface area contributed by atoms with Crippen molar-refractivity contribution in [1.29, 1.82) is 0 Å². The molecule has 1 aliphatic carbocycles. The lowest BCUT2D eigenvalue weighted by molar-refractivity contribution is -0.136. The zero-order valence-corrected chi connectivity index (χ0v) is 14.6. The van der Waals surface area contributed by atoms with Crippen molar-refractivity contribution >= 4 is 29.1 Å². The topological polar surface area (TPSA) is 146 Å². The van der Waals surface area contributed by atoms with Crippen LogP contribution in [0.15, 0.2) is 24.3 Å². The first-order chi connectivity index (χ1) is 13.1. The van der Waals surface area contributed by atoms with Crippen LogP contribution in [0.2, 0.25) is 0 Å². The summed E-state index contributed by atoms with van der Waals surface area (Å²) in [5, 5.41) is 29.7. The van der Waals surface area contributed by atoms with Gasteiger partial charge in [0.2, 0.25) is 5.78 Å². The molecule has 0 aliphatic heterocycles. The van der Waals surface area contributed by atoms with Crippen molar-refractivity contribution in [1.82, 2.24) is 0 Å². The number of aliphatic carboxylic acids is 1. The second kappa shape index (κ2) is 6.73. The molecule has 3 rings (SSSR count). The summed E-state index contributed by atoms with van der Waals surface area (Å²) in [5.74, 6) is -5.63. The first kappa shape index (κ1) is 19.0. The summed E-state index contributed by atoms with van der Waals surface area (Å²) < 4.78 is 0. The molecule has 0 saturated carbocycles.